The van der Waals surface area contributed by atoms with Crippen LogP contribution >= 0.6 is 22.9 Å². The van der Waals surface area contributed by atoms with Gasteiger partial charge in [0, 0.05) is 10.6 Å². The van der Waals surface area contributed by atoms with Crippen LogP contribution < -0.4 is 15.0 Å². The molecule has 10 heteroatoms. The third kappa shape index (κ3) is 3.46. The normalized spacial score (nSPS) is 12.5. The van der Waals surface area contributed by atoms with E-state index in [-0.39, 0.29) is 12.4 Å². The van der Waals surface area contributed by atoms with Crippen molar-refractivity contribution in [2.45, 2.75) is 13.5 Å². The van der Waals surface area contributed by atoms with Crippen molar-refractivity contribution in [3.8, 4) is 33.7 Å². The molecule has 5 aromatic rings. The molecular weight excluding hydrogens is 464 g/mol. The first-order chi connectivity index (χ1) is 16.1. The Morgan fingerprint density at radius 1 is 1.12 bits per heavy atom. The molecule has 6 rings (SSSR count). The highest BCUT2D eigenvalue weighted by Gasteiger charge is 2.21. The van der Waals surface area contributed by atoms with Gasteiger partial charge in [0.15, 0.2) is 11.5 Å². The fourth-order valence-corrected chi connectivity index (χ4v) is 4.93. The van der Waals surface area contributed by atoms with Crippen molar-refractivity contribution < 1.29 is 14.0 Å². The second-order valence-corrected chi connectivity index (χ2v) is 8.97. The molecule has 0 spiro atoms. The van der Waals surface area contributed by atoms with Gasteiger partial charge in [-0.3, -0.25) is 9.36 Å². The van der Waals surface area contributed by atoms with Crippen molar-refractivity contribution in [3.05, 3.63) is 75.3 Å². The molecule has 0 amide bonds. The van der Waals surface area contributed by atoms with Crippen molar-refractivity contribution in [2.75, 3.05) is 6.79 Å². The molecule has 164 valence electrons. The molecule has 1 aliphatic heterocycles. The Bertz CT molecular complexity index is 1570. The van der Waals surface area contributed by atoms with Crippen LogP contribution in [0.3, 0.4) is 0 Å². The van der Waals surface area contributed by atoms with Gasteiger partial charge >= 0.3 is 0 Å². The van der Waals surface area contributed by atoms with Crippen molar-refractivity contribution >= 4 is 33.2 Å². The molecule has 0 saturated carbocycles. The molecule has 0 unspecified atom stereocenters. The molecular formula is C23H15ClN4O4S. The average molecular weight is 479 g/mol. The average Bonchev–Trinajstić information content (AvgIpc) is 3.55. The molecule has 0 fully saturated rings. The number of aromatic nitrogens is 4. The largest absolute Gasteiger partial charge is 0.454 e. The predicted octanol–water partition coefficient (Wildman–Crippen LogP) is 4.91. The second kappa shape index (κ2) is 7.72. The fraction of sp³-hybridized carbons (Fsp3) is 0.130. The number of rotatable bonds is 4. The summed E-state index contributed by atoms with van der Waals surface area (Å²) in [5, 5.41) is 5.26. The Kier molecular flexibility index (Phi) is 4.67. The zero-order valence-electron chi connectivity index (χ0n) is 17.2. The third-order valence-electron chi connectivity index (χ3n) is 5.43. The van der Waals surface area contributed by atoms with E-state index in [9.17, 15) is 4.79 Å². The molecule has 0 saturated heterocycles. The molecule has 4 heterocycles. The number of hydrogen-bond donors (Lipinski definition) is 0. The van der Waals surface area contributed by atoms with Crippen molar-refractivity contribution in [1.82, 2.24) is 19.7 Å². The number of hydrogen-bond acceptors (Lipinski definition) is 8. The summed E-state index contributed by atoms with van der Waals surface area (Å²) in [6.07, 6.45) is 1.56. The Morgan fingerprint density at radius 3 is 2.79 bits per heavy atom. The Morgan fingerprint density at radius 2 is 1.94 bits per heavy atom. The van der Waals surface area contributed by atoms with E-state index in [0.717, 1.165) is 21.6 Å². The molecule has 2 aromatic carbocycles. The number of aryl methyl sites for hydroxylation is 1. The minimum Gasteiger partial charge on any atom is -0.454 e. The van der Waals surface area contributed by atoms with E-state index in [1.807, 2.05) is 37.3 Å². The van der Waals surface area contributed by atoms with E-state index in [0.29, 0.717) is 45.0 Å². The van der Waals surface area contributed by atoms with Gasteiger partial charge in [-0.1, -0.05) is 22.8 Å². The van der Waals surface area contributed by atoms with Gasteiger partial charge in [0.25, 0.3) is 11.4 Å². The summed E-state index contributed by atoms with van der Waals surface area (Å²) >= 11 is 7.31. The monoisotopic (exact) mass is 478 g/mol. The summed E-state index contributed by atoms with van der Waals surface area (Å²) in [5.41, 5.74) is 2.34. The first-order valence-electron chi connectivity index (χ1n) is 10.0. The van der Waals surface area contributed by atoms with Crippen LogP contribution in [0.15, 0.2) is 58.1 Å². The van der Waals surface area contributed by atoms with Crippen LogP contribution in [0.2, 0.25) is 5.02 Å². The number of ether oxygens (including phenoxy) is 2. The van der Waals surface area contributed by atoms with Gasteiger partial charge in [-0.2, -0.15) is 4.98 Å². The Labute approximate surface area is 196 Å². The standard InChI is InChI=1S/C23H15ClN4O4S/c1-12-18-22(33-19(12)21-26-20(27-32-21)14-3-5-15(24)6-4-14)25-10-28(23(18)29)9-13-2-7-16-17(8-13)31-11-30-16/h2-8,10H,9,11H2,1H3. The van der Waals surface area contributed by atoms with E-state index in [1.165, 1.54) is 11.3 Å². The van der Waals surface area contributed by atoms with E-state index < -0.39 is 0 Å². The highest BCUT2D eigenvalue weighted by Crippen LogP contribution is 2.36. The summed E-state index contributed by atoms with van der Waals surface area (Å²) in [6, 6.07) is 12.8. The molecule has 0 aliphatic carbocycles. The maximum absolute atomic E-state index is 13.3. The number of thiophene rings is 1. The summed E-state index contributed by atoms with van der Waals surface area (Å²) in [5.74, 6) is 2.18. The molecule has 8 nitrogen and oxygen atoms in total. The highest BCUT2D eigenvalue weighted by atomic mass is 35.5. The number of fused-ring (bicyclic) bond motifs is 2. The lowest BCUT2D eigenvalue weighted by molar-refractivity contribution is 0.174. The first-order valence-corrected chi connectivity index (χ1v) is 11.2. The molecule has 33 heavy (non-hydrogen) atoms. The highest BCUT2D eigenvalue weighted by molar-refractivity contribution is 7.22. The minimum atomic E-state index is -0.130. The summed E-state index contributed by atoms with van der Waals surface area (Å²) in [6.45, 7) is 2.44. The van der Waals surface area contributed by atoms with E-state index in [2.05, 4.69) is 15.1 Å². The molecule has 3 aromatic heterocycles. The van der Waals surface area contributed by atoms with Gasteiger partial charge in [-0.15, -0.1) is 11.3 Å². The lowest BCUT2D eigenvalue weighted by Gasteiger charge is -2.06. The lowest BCUT2D eigenvalue weighted by Crippen LogP contribution is -2.21. The summed E-state index contributed by atoms with van der Waals surface area (Å²) in [7, 11) is 0. The van der Waals surface area contributed by atoms with Gasteiger partial charge in [0.2, 0.25) is 12.6 Å². The van der Waals surface area contributed by atoms with Crippen LogP contribution in [0.1, 0.15) is 11.1 Å². The van der Waals surface area contributed by atoms with Crippen LogP contribution in [0.5, 0.6) is 11.5 Å². The lowest BCUT2D eigenvalue weighted by atomic mass is 10.2. The van der Waals surface area contributed by atoms with Crippen molar-refractivity contribution in [2.24, 2.45) is 0 Å². The van der Waals surface area contributed by atoms with Crippen LogP contribution in [-0.2, 0) is 6.54 Å². The van der Waals surface area contributed by atoms with Gasteiger partial charge in [0.05, 0.1) is 23.1 Å². The molecule has 0 atom stereocenters. The van der Waals surface area contributed by atoms with Crippen molar-refractivity contribution in [1.29, 1.82) is 0 Å². The summed E-state index contributed by atoms with van der Waals surface area (Å²) in [4.78, 5) is 23.7. The second-order valence-electron chi connectivity index (χ2n) is 7.53. The van der Waals surface area contributed by atoms with Crippen LogP contribution in [0.4, 0.5) is 0 Å². The molecule has 0 radical (unpaired) electrons. The van der Waals surface area contributed by atoms with Gasteiger partial charge < -0.3 is 14.0 Å². The zero-order chi connectivity index (χ0) is 22.5. The summed E-state index contributed by atoms with van der Waals surface area (Å²) < 4.78 is 17.9. The van der Waals surface area contributed by atoms with Gasteiger partial charge in [-0.25, -0.2) is 4.98 Å². The number of halogens is 1. The molecule has 0 N–H and O–H groups in total. The van der Waals surface area contributed by atoms with Crippen LogP contribution in [-0.4, -0.2) is 26.5 Å². The van der Waals surface area contributed by atoms with Gasteiger partial charge in [0.1, 0.15) is 4.83 Å². The molecule has 1 aliphatic rings. The van der Waals surface area contributed by atoms with Crippen molar-refractivity contribution in [3.63, 3.8) is 0 Å². The maximum Gasteiger partial charge on any atom is 0.268 e. The van der Waals surface area contributed by atoms with Gasteiger partial charge in [-0.05, 0) is 54.4 Å². The predicted molar refractivity (Wildman–Crippen MR) is 124 cm³/mol. The minimum absolute atomic E-state index is 0.130. The number of nitrogens with zero attached hydrogens (tertiary/aromatic N) is 4. The topological polar surface area (TPSA) is 92.3 Å². The SMILES string of the molecule is Cc1c(-c2nc(-c3ccc(Cl)cc3)no2)sc2ncn(Cc3ccc4c(c3)OCO4)c(=O)c12. The maximum atomic E-state index is 13.3. The zero-order valence-corrected chi connectivity index (χ0v) is 18.8. The Hall–Kier alpha value is -3.69. The third-order valence-corrected chi connectivity index (χ3v) is 6.87. The van der Waals surface area contributed by atoms with E-state index in [1.54, 1.807) is 23.0 Å². The van der Waals surface area contributed by atoms with Crippen LogP contribution in [0.25, 0.3) is 32.4 Å². The molecule has 0 bridgehead atoms. The van der Waals surface area contributed by atoms with E-state index in [4.69, 9.17) is 25.6 Å². The smallest absolute Gasteiger partial charge is 0.268 e. The fourth-order valence-electron chi connectivity index (χ4n) is 3.74. The first kappa shape index (κ1) is 20.0. The van der Waals surface area contributed by atoms with E-state index >= 15 is 0 Å². The number of benzene rings is 2. The quantitative estimate of drug-likeness (QED) is 0.362. The Balaban J connectivity index is 1.36. The van der Waals surface area contributed by atoms with Crippen LogP contribution in [0, 0.1) is 6.92 Å².